The molecule has 2 aromatic heterocycles. The normalized spacial score (nSPS) is 11.8. The molecule has 2 heterocycles. The van der Waals surface area contributed by atoms with Gasteiger partial charge in [0.15, 0.2) is 0 Å². The van der Waals surface area contributed by atoms with E-state index in [4.69, 9.17) is 19.8 Å². The first-order valence-electron chi connectivity index (χ1n) is 9.75. The molecule has 0 aliphatic rings. The summed E-state index contributed by atoms with van der Waals surface area (Å²) in [7, 11) is 0. The van der Waals surface area contributed by atoms with Crippen LogP contribution in [-0.4, -0.2) is 10.7 Å². The molecule has 0 spiro atoms. The first-order valence-corrected chi connectivity index (χ1v) is 10.6. The average molecular weight is 408 g/mol. The van der Waals surface area contributed by atoms with Crippen molar-refractivity contribution in [3.05, 3.63) is 57.6 Å². The first kappa shape index (κ1) is 20.8. The molecule has 3 aromatic rings. The van der Waals surface area contributed by atoms with Crippen molar-refractivity contribution in [2.45, 2.75) is 46.6 Å². The highest BCUT2D eigenvalue weighted by Gasteiger charge is 2.14. The molecule has 0 saturated carbocycles. The van der Waals surface area contributed by atoms with E-state index in [9.17, 15) is 0 Å². The van der Waals surface area contributed by atoms with Crippen LogP contribution in [-0.2, 0) is 13.0 Å². The van der Waals surface area contributed by atoms with Gasteiger partial charge in [0, 0.05) is 16.2 Å². The van der Waals surface area contributed by atoms with E-state index in [1.54, 1.807) is 6.07 Å². The molecule has 0 aliphatic carbocycles. The zero-order valence-electron chi connectivity index (χ0n) is 17.0. The number of nitrogens with zero attached hydrogens (tertiary/aromatic N) is 2. The summed E-state index contributed by atoms with van der Waals surface area (Å²) in [5.74, 6) is 2.47. The summed E-state index contributed by atoms with van der Waals surface area (Å²) < 4.78 is 11.6. The molecule has 29 heavy (non-hydrogen) atoms. The van der Waals surface area contributed by atoms with Crippen molar-refractivity contribution in [1.82, 2.24) is 4.98 Å². The molecule has 150 valence electrons. The third-order valence-corrected chi connectivity index (χ3v) is 5.95. The minimum absolute atomic E-state index is 0.315. The summed E-state index contributed by atoms with van der Waals surface area (Å²) in [6.07, 6.45) is 2.43. The van der Waals surface area contributed by atoms with Crippen molar-refractivity contribution in [3.63, 3.8) is 0 Å². The Hall–Kier alpha value is -2.91. The third kappa shape index (κ3) is 5.33. The predicted molar refractivity (Wildman–Crippen MR) is 116 cm³/mol. The number of aromatic nitrogens is 1. The van der Waals surface area contributed by atoms with Crippen molar-refractivity contribution in [3.8, 4) is 23.3 Å². The van der Waals surface area contributed by atoms with Crippen LogP contribution in [0.5, 0.6) is 5.75 Å². The van der Waals surface area contributed by atoms with Crippen LogP contribution in [0.4, 0.5) is 0 Å². The van der Waals surface area contributed by atoms with Gasteiger partial charge < -0.3 is 14.6 Å². The van der Waals surface area contributed by atoms with Gasteiger partial charge in [0.25, 0.3) is 0 Å². The highest BCUT2D eigenvalue weighted by Crippen LogP contribution is 2.26. The van der Waals surface area contributed by atoms with Crippen LogP contribution in [0, 0.1) is 29.6 Å². The van der Waals surface area contributed by atoms with Crippen LogP contribution in [0.2, 0.25) is 0 Å². The fourth-order valence-corrected chi connectivity index (χ4v) is 3.61. The van der Waals surface area contributed by atoms with E-state index in [0.29, 0.717) is 29.7 Å². The minimum atomic E-state index is 0.315. The molecule has 0 radical (unpaired) electrons. The Morgan fingerprint density at radius 3 is 2.69 bits per heavy atom. The molecule has 0 saturated heterocycles. The molecule has 0 unspecified atom stereocenters. The Labute approximate surface area is 175 Å². The molecule has 5 nitrogen and oxygen atoms in total. The monoisotopic (exact) mass is 407 g/mol. The lowest BCUT2D eigenvalue weighted by atomic mass is 9.98. The quantitative estimate of drug-likeness (QED) is 0.431. The number of oxazole rings is 1. The number of benzene rings is 1. The molecule has 1 aromatic carbocycles. The van der Waals surface area contributed by atoms with Gasteiger partial charge in [-0.3, -0.25) is 0 Å². The van der Waals surface area contributed by atoms with E-state index in [1.807, 2.05) is 37.3 Å². The summed E-state index contributed by atoms with van der Waals surface area (Å²) in [5, 5.41) is 17.0. The SMILES string of the molecule is CC[C@@H](C)C(=N)CCc1nc(-c2ccc(OCc3ccc(C#N)s3)cc2)oc1C. The largest absolute Gasteiger partial charge is 0.488 e. The Morgan fingerprint density at radius 1 is 1.28 bits per heavy atom. The second-order valence-corrected chi connectivity index (χ2v) is 8.22. The molecule has 1 atom stereocenters. The smallest absolute Gasteiger partial charge is 0.226 e. The third-order valence-electron chi connectivity index (χ3n) is 4.99. The van der Waals surface area contributed by atoms with Crippen LogP contribution in [0.1, 0.15) is 47.9 Å². The van der Waals surface area contributed by atoms with Crippen LogP contribution in [0.3, 0.4) is 0 Å². The lowest BCUT2D eigenvalue weighted by Crippen LogP contribution is -2.10. The summed E-state index contributed by atoms with van der Waals surface area (Å²) >= 11 is 1.44. The zero-order chi connectivity index (χ0) is 20.8. The molecule has 0 aliphatic heterocycles. The topological polar surface area (TPSA) is 82.9 Å². The molecule has 0 fully saturated rings. The van der Waals surface area contributed by atoms with Crippen molar-refractivity contribution in [1.29, 1.82) is 10.7 Å². The predicted octanol–water partition coefficient (Wildman–Crippen LogP) is 6.16. The number of thiophene rings is 1. The van der Waals surface area contributed by atoms with Gasteiger partial charge in [0.1, 0.15) is 29.1 Å². The van der Waals surface area contributed by atoms with E-state index in [2.05, 4.69) is 24.9 Å². The second kappa shape index (κ2) is 9.53. The maximum atomic E-state index is 8.89. The fraction of sp³-hybridized carbons (Fsp3) is 0.348. The van der Waals surface area contributed by atoms with Gasteiger partial charge in [-0.05, 0) is 68.5 Å². The van der Waals surface area contributed by atoms with Gasteiger partial charge in [-0.15, -0.1) is 11.3 Å². The number of nitrogens with one attached hydrogen (secondary N) is 1. The van der Waals surface area contributed by atoms with Crippen LogP contribution >= 0.6 is 11.3 Å². The molecule has 6 heteroatoms. The molecule has 0 amide bonds. The lowest BCUT2D eigenvalue weighted by Gasteiger charge is -2.09. The number of hydrogen-bond acceptors (Lipinski definition) is 6. The minimum Gasteiger partial charge on any atom is -0.488 e. The highest BCUT2D eigenvalue weighted by molar-refractivity contribution is 7.12. The van der Waals surface area contributed by atoms with E-state index in [1.165, 1.54) is 11.3 Å². The van der Waals surface area contributed by atoms with Crippen molar-refractivity contribution in [2.24, 2.45) is 5.92 Å². The van der Waals surface area contributed by atoms with E-state index < -0.39 is 0 Å². The summed E-state index contributed by atoms with van der Waals surface area (Å²) in [5.41, 5.74) is 2.58. The van der Waals surface area contributed by atoms with Crippen molar-refractivity contribution in [2.75, 3.05) is 0 Å². The van der Waals surface area contributed by atoms with Crippen LogP contribution < -0.4 is 4.74 Å². The second-order valence-electron chi connectivity index (χ2n) is 7.05. The van der Waals surface area contributed by atoms with Gasteiger partial charge in [-0.2, -0.15) is 5.26 Å². The maximum Gasteiger partial charge on any atom is 0.226 e. The summed E-state index contributed by atoms with van der Waals surface area (Å²) in [6, 6.07) is 13.5. The maximum absolute atomic E-state index is 8.89. The summed E-state index contributed by atoms with van der Waals surface area (Å²) in [6.45, 7) is 6.56. The Bertz CT molecular complexity index is 1010. The van der Waals surface area contributed by atoms with Crippen molar-refractivity contribution < 1.29 is 9.15 Å². The van der Waals surface area contributed by atoms with E-state index in [0.717, 1.165) is 46.2 Å². The Kier molecular flexibility index (Phi) is 6.84. The average Bonchev–Trinajstić information content (AvgIpc) is 3.36. The molecule has 3 rings (SSSR count). The molecule has 1 N–H and O–H groups in total. The number of aryl methyl sites for hydroxylation is 2. The van der Waals surface area contributed by atoms with Gasteiger partial charge in [0.05, 0.1) is 5.69 Å². The first-order chi connectivity index (χ1) is 14.0. The van der Waals surface area contributed by atoms with Gasteiger partial charge >= 0.3 is 0 Å². The van der Waals surface area contributed by atoms with Gasteiger partial charge in [-0.25, -0.2) is 4.98 Å². The summed E-state index contributed by atoms with van der Waals surface area (Å²) in [4.78, 5) is 6.34. The van der Waals surface area contributed by atoms with E-state index in [-0.39, 0.29) is 0 Å². The van der Waals surface area contributed by atoms with Crippen LogP contribution in [0.25, 0.3) is 11.5 Å². The number of hydrogen-bond donors (Lipinski definition) is 1. The molecular formula is C23H25N3O2S. The van der Waals surface area contributed by atoms with E-state index >= 15 is 0 Å². The fourth-order valence-electron chi connectivity index (χ4n) is 2.89. The zero-order valence-corrected chi connectivity index (χ0v) is 17.8. The Balaban J connectivity index is 1.61. The molecular weight excluding hydrogens is 382 g/mol. The number of rotatable bonds is 9. The van der Waals surface area contributed by atoms with Crippen LogP contribution in [0.15, 0.2) is 40.8 Å². The highest BCUT2D eigenvalue weighted by atomic mass is 32.1. The standard InChI is InChI=1S/C23H25N3O2S/c1-4-15(2)21(25)11-12-22-16(3)28-23(26-22)17-5-7-18(8-6-17)27-14-20-10-9-19(13-24)29-20/h5-10,15,25H,4,11-12,14H2,1-3H3/t15-/m1/s1. The van der Waals surface area contributed by atoms with Gasteiger partial charge in [-0.1, -0.05) is 13.8 Å². The lowest BCUT2D eigenvalue weighted by molar-refractivity contribution is 0.310. The number of ether oxygens (including phenoxy) is 1. The Morgan fingerprint density at radius 2 is 2.03 bits per heavy atom. The number of nitriles is 1. The molecule has 0 bridgehead atoms. The van der Waals surface area contributed by atoms with Crippen molar-refractivity contribution >= 4 is 17.0 Å². The van der Waals surface area contributed by atoms with Gasteiger partial charge in [0.2, 0.25) is 5.89 Å².